The molecule has 118 valence electrons. The number of nitro groups is 1. The summed E-state index contributed by atoms with van der Waals surface area (Å²) in [7, 11) is 2.23. The first-order valence-corrected chi connectivity index (χ1v) is 8.51. The van der Waals surface area contributed by atoms with Gasteiger partial charge < -0.3 is 4.90 Å². The van der Waals surface area contributed by atoms with Gasteiger partial charge in [0.15, 0.2) is 0 Å². The van der Waals surface area contributed by atoms with Crippen LogP contribution in [0.1, 0.15) is 48.8 Å². The van der Waals surface area contributed by atoms with Crippen LogP contribution in [0.25, 0.3) is 0 Å². The maximum Gasteiger partial charge on any atom is 0.272 e. The van der Waals surface area contributed by atoms with E-state index >= 15 is 0 Å². The van der Waals surface area contributed by atoms with Crippen LogP contribution in [0, 0.1) is 23.0 Å². The largest absolute Gasteiger partial charge is 0.303 e. The standard InChI is InChI=1S/C18H24N2O2/c1-12-9-15-13(10-16(12)20(21)22)11-17-14-5-3-4-6-18(14,15)7-8-19(17)2/h9-10,14,17H,3-8,11H2,1-2H3/t14-,17+,18+/m0/s1. The molecule has 0 radical (unpaired) electrons. The minimum atomic E-state index is -0.222. The van der Waals surface area contributed by atoms with Crippen LogP contribution < -0.4 is 0 Å². The fourth-order valence-corrected chi connectivity index (χ4v) is 5.55. The average Bonchev–Trinajstić information content (AvgIpc) is 2.51. The molecule has 4 nitrogen and oxygen atoms in total. The van der Waals surface area contributed by atoms with E-state index in [1.807, 2.05) is 13.0 Å². The van der Waals surface area contributed by atoms with Gasteiger partial charge in [-0.3, -0.25) is 10.1 Å². The average molecular weight is 300 g/mol. The molecule has 0 unspecified atom stereocenters. The lowest BCUT2D eigenvalue weighted by Gasteiger charge is -2.58. The molecule has 1 aliphatic heterocycles. The van der Waals surface area contributed by atoms with Gasteiger partial charge in [0.25, 0.3) is 5.69 Å². The number of benzene rings is 1. The van der Waals surface area contributed by atoms with Crippen LogP contribution in [0.3, 0.4) is 0 Å². The molecule has 0 aromatic heterocycles. The van der Waals surface area contributed by atoms with Crippen molar-refractivity contribution < 1.29 is 4.92 Å². The number of hydrogen-bond donors (Lipinski definition) is 0. The highest BCUT2D eigenvalue weighted by Crippen LogP contribution is 2.56. The molecule has 0 spiro atoms. The summed E-state index contributed by atoms with van der Waals surface area (Å²) >= 11 is 0. The van der Waals surface area contributed by atoms with Crippen molar-refractivity contribution in [2.45, 2.75) is 56.9 Å². The van der Waals surface area contributed by atoms with Crippen LogP contribution in [-0.2, 0) is 11.8 Å². The van der Waals surface area contributed by atoms with Crippen molar-refractivity contribution in [2.24, 2.45) is 5.92 Å². The lowest BCUT2D eigenvalue weighted by Crippen LogP contribution is -2.59. The summed E-state index contributed by atoms with van der Waals surface area (Å²) in [5, 5.41) is 11.3. The van der Waals surface area contributed by atoms with E-state index in [0.29, 0.717) is 17.1 Å². The highest BCUT2D eigenvalue weighted by Gasteiger charge is 2.53. The molecule has 4 rings (SSSR count). The first-order chi connectivity index (χ1) is 10.5. The maximum absolute atomic E-state index is 11.3. The van der Waals surface area contributed by atoms with Gasteiger partial charge in [-0.15, -0.1) is 0 Å². The summed E-state index contributed by atoms with van der Waals surface area (Å²) in [5.74, 6) is 0.744. The van der Waals surface area contributed by atoms with Crippen LogP contribution >= 0.6 is 0 Å². The summed E-state index contributed by atoms with van der Waals surface area (Å²) in [6, 6.07) is 4.61. The van der Waals surface area contributed by atoms with Gasteiger partial charge in [-0.1, -0.05) is 12.8 Å². The molecule has 22 heavy (non-hydrogen) atoms. The smallest absolute Gasteiger partial charge is 0.272 e. The van der Waals surface area contributed by atoms with Gasteiger partial charge in [-0.2, -0.15) is 0 Å². The van der Waals surface area contributed by atoms with Gasteiger partial charge >= 0.3 is 0 Å². The Morgan fingerprint density at radius 1 is 1.32 bits per heavy atom. The number of nitro benzene ring substituents is 1. The Hall–Kier alpha value is -1.42. The molecule has 3 aliphatic rings. The third kappa shape index (κ3) is 1.79. The molecule has 1 aromatic rings. The number of likely N-dealkylation sites (N-methyl/N-ethyl adjacent to an activating group) is 1. The molecular formula is C18H24N2O2. The fraction of sp³-hybridized carbons (Fsp3) is 0.667. The van der Waals surface area contributed by atoms with Crippen molar-refractivity contribution in [1.29, 1.82) is 0 Å². The summed E-state index contributed by atoms with van der Waals surface area (Å²) in [4.78, 5) is 13.6. The van der Waals surface area contributed by atoms with E-state index in [2.05, 4.69) is 18.0 Å². The van der Waals surface area contributed by atoms with Gasteiger partial charge in [0.05, 0.1) is 4.92 Å². The SMILES string of the molecule is Cc1cc2c(cc1[N+](=O)[O-])C[C@@H]1[C@@H]3CCCC[C@]23CCN1C. The molecule has 2 bridgehead atoms. The summed E-state index contributed by atoms with van der Waals surface area (Å²) in [6.45, 7) is 3.06. The van der Waals surface area contributed by atoms with Gasteiger partial charge in [-0.25, -0.2) is 0 Å². The van der Waals surface area contributed by atoms with Crippen LogP contribution in [0.4, 0.5) is 5.69 Å². The van der Waals surface area contributed by atoms with E-state index in [9.17, 15) is 10.1 Å². The zero-order chi connectivity index (χ0) is 15.5. The zero-order valence-electron chi connectivity index (χ0n) is 13.5. The van der Waals surface area contributed by atoms with Crippen molar-refractivity contribution in [3.8, 4) is 0 Å². The van der Waals surface area contributed by atoms with E-state index in [4.69, 9.17) is 0 Å². The second-order valence-electron chi connectivity index (χ2n) is 7.56. The van der Waals surface area contributed by atoms with Crippen LogP contribution in [-0.4, -0.2) is 29.5 Å². The van der Waals surface area contributed by atoms with Gasteiger partial charge in [0, 0.05) is 23.1 Å². The van der Waals surface area contributed by atoms with Gasteiger partial charge in [0.2, 0.25) is 0 Å². The lowest BCUT2D eigenvalue weighted by molar-refractivity contribution is -0.385. The van der Waals surface area contributed by atoms with E-state index in [1.54, 1.807) is 0 Å². The van der Waals surface area contributed by atoms with E-state index in [0.717, 1.165) is 24.4 Å². The molecule has 0 amide bonds. The molecule has 2 aliphatic carbocycles. The van der Waals surface area contributed by atoms with E-state index in [1.165, 1.54) is 43.2 Å². The van der Waals surface area contributed by atoms with Crippen molar-refractivity contribution in [3.63, 3.8) is 0 Å². The Labute approximate surface area is 131 Å². The van der Waals surface area contributed by atoms with Crippen LogP contribution in [0.5, 0.6) is 0 Å². The molecule has 3 atom stereocenters. The zero-order valence-corrected chi connectivity index (χ0v) is 13.5. The molecule has 2 fully saturated rings. The molecule has 1 aromatic carbocycles. The minimum Gasteiger partial charge on any atom is -0.303 e. The Morgan fingerprint density at radius 3 is 2.91 bits per heavy atom. The Kier molecular flexibility index (Phi) is 3.09. The first kappa shape index (κ1) is 14.2. The molecular weight excluding hydrogens is 276 g/mol. The summed E-state index contributed by atoms with van der Waals surface area (Å²) < 4.78 is 0. The topological polar surface area (TPSA) is 46.4 Å². The number of hydrogen-bond acceptors (Lipinski definition) is 3. The van der Waals surface area contributed by atoms with E-state index in [-0.39, 0.29) is 4.92 Å². The number of aryl methyl sites for hydroxylation is 1. The monoisotopic (exact) mass is 300 g/mol. The number of nitrogens with zero attached hydrogens (tertiary/aromatic N) is 2. The number of likely N-dealkylation sites (tertiary alicyclic amines) is 1. The lowest BCUT2D eigenvalue weighted by atomic mass is 9.52. The normalized spacial score (nSPS) is 33.9. The quantitative estimate of drug-likeness (QED) is 0.588. The third-order valence-electron chi connectivity index (χ3n) is 6.62. The second kappa shape index (κ2) is 4.79. The van der Waals surface area contributed by atoms with Crippen molar-refractivity contribution in [2.75, 3.05) is 13.6 Å². The van der Waals surface area contributed by atoms with Gasteiger partial charge in [0.1, 0.15) is 0 Å². The summed E-state index contributed by atoms with van der Waals surface area (Å²) in [5.41, 5.74) is 4.12. The Morgan fingerprint density at radius 2 is 2.14 bits per heavy atom. The molecule has 1 saturated carbocycles. The van der Waals surface area contributed by atoms with Gasteiger partial charge in [-0.05, 0) is 69.3 Å². The Bertz CT molecular complexity index is 642. The predicted octanol–water partition coefficient (Wildman–Crippen LogP) is 3.59. The first-order valence-electron chi connectivity index (χ1n) is 8.51. The van der Waals surface area contributed by atoms with Crippen molar-refractivity contribution in [3.05, 3.63) is 38.9 Å². The summed E-state index contributed by atoms with van der Waals surface area (Å²) in [6.07, 6.45) is 7.45. The third-order valence-corrected chi connectivity index (χ3v) is 6.62. The number of piperidine rings is 1. The molecule has 1 heterocycles. The number of fused-ring (bicyclic) bond motifs is 1. The molecule has 4 heteroatoms. The molecule has 1 saturated heterocycles. The highest BCUT2D eigenvalue weighted by atomic mass is 16.6. The number of rotatable bonds is 1. The van der Waals surface area contributed by atoms with E-state index < -0.39 is 0 Å². The van der Waals surface area contributed by atoms with Crippen molar-refractivity contribution >= 4 is 5.69 Å². The minimum absolute atomic E-state index is 0.222. The predicted molar refractivity (Wildman–Crippen MR) is 86.2 cm³/mol. The molecule has 0 N–H and O–H groups in total. The fourth-order valence-electron chi connectivity index (χ4n) is 5.55. The maximum atomic E-state index is 11.3. The highest BCUT2D eigenvalue weighted by molar-refractivity contribution is 5.52. The van der Waals surface area contributed by atoms with Crippen molar-refractivity contribution in [1.82, 2.24) is 4.90 Å². The second-order valence-corrected chi connectivity index (χ2v) is 7.56. The van der Waals surface area contributed by atoms with Crippen LogP contribution in [0.2, 0.25) is 0 Å². The Balaban J connectivity index is 1.91. The van der Waals surface area contributed by atoms with Crippen LogP contribution in [0.15, 0.2) is 12.1 Å².